The number of allylic oxidation sites excluding steroid dienone is 1. The molecular weight excluding hydrogens is 354 g/mol. The molecule has 0 aliphatic rings. The molecule has 0 aliphatic carbocycles. The van der Waals surface area contributed by atoms with Crippen LogP contribution in [0.5, 0.6) is 11.5 Å². The Morgan fingerprint density at radius 1 is 1.21 bits per heavy atom. The predicted molar refractivity (Wildman–Crippen MR) is 111 cm³/mol. The lowest BCUT2D eigenvalue weighted by atomic mass is 10.1. The van der Waals surface area contributed by atoms with E-state index in [9.17, 15) is 4.79 Å². The van der Waals surface area contributed by atoms with E-state index in [1.165, 1.54) is 7.11 Å². The molecule has 0 atom stereocenters. The van der Waals surface area contributed by atoms with Crippen molar-refractivity contribution in [2.24, 2.45) is 5.10 Å². The van der Waals surface area contributed by atoms with Gasteiger partial charge in [0.1, 0.15) is 11.5 Å². The maximum Gasteiger partial charge on any atom is 0.275 e. The van der Waals surface area contributed by atoms with Gasteiger partial charge in [-0.05, 0) is 25.1 Å². The Morgan fingerprint density at radius 3 is 2.71 bits per heavy atom. The second-order valence-corrected chi connectivity index (χ2v) is 6.18. The summed E-state index contributed by atoms with van der Waals surface area (Å²) in [6.07, 6.45) is 3.53. The molecule has 2 aromatic carbocycles. The summed E-state index contributed by atoms with van der Waals surface area (Å²) in [5.41, 5.74) is 6.07. The van der Waals surface area contributed by atoms with E-state index in [0.29, 0.717) is 23.6 Å². The summed E-state index contributed by atoms with van der Waals surface area (Å²) < 4.78 is 12.6. The fourth-order valence-electron chi connectivity index (χ4n) is 3.19. The van der Waals surface area contributed by atoms with Gasteiger partial charge in [-0.3, -0.25) is 4.79 Å². The topological polar surface area (TPSA) is 64.9 Å². The number of hydrogen-bond acceptors (Lipinski definition) is 4. The van der Waals surface area contributed by atoms with Crippen LogP contribution < -0.4 is 14.9 Å². The van der Waals surface area contributed by atoms with Crippen molar-refractivity contribution in [3.8, 4) is 11.5 Å². The molecule has 0 unspecified atom stereocenters. The van der Waals surface area contributed by atoms with Crippen LogP contribution in [-0.2, 0) is 6.54 Å². The van der Waals surface area contributed by atoms with Gasteiger partial charge in [-0.25, -0.2) is 5.43 Å². The minimum atomic E-state index is -0.358. The molecule has 6 nitrogen and oxygen atoms in total. The van der Waals surface area contributed by atoms with E-state index in [1.54, 1.807) is 31.5 Å². The Morgan fingerprint density at radius 2 is 2.00 bits per heavy atom. The molecule has 0 fully saturated rings. The molecule has 28 heavy (non-hydrogen) atoms. The molecule has 0 radical (unpaired) electrons. The monoisotopic (exact) mass is 377 g/mol. The van der Waals surface area contributed by atoms with E-state index in [4.69, 9.17) is 9.47 Å². The van der Waals surface area contributed by atoms with Gasteiger partial charge < -0.3 is 14.0 Å². The number of methoxy groups -OCH3 is 2. The van der Waals surface area contributed by atoms with E-state index in [-0.39, 0.29) is 5.91 Å². The molecule has 0 saturated carbocycles. The first kappa shape index (κ1) is 19.2. The minimum absolute atomic E-state index is 0.358. The first-order valence-electron chi connectivity index (χ1n) is 8.84. The van der Waals surface area contributed by atoms with Gasteiger partial charge in [-0.15, -0.1) is 6.58 Å². The highest BCUT2D eigenvalue weighted by atomic mass is 16.5. The number of nitrogens with zero attached hydrogens (tertiary/aromatic N) is 2. The fourth-order valence-corrected chi connectivity index (χ4v) is 3.19. The number of rotatable bonds is 7. The normalized spacial score (nSPS) is 11.0. The average Bonchev–Trinajstić information content (AvgIpc) is 2.99. The number of para-hydroxylation sites is 1. The lowest BCUT2D eigenvalue weighted by molar-refractivity contribution is 0.0952. The first-order chi connectivity index (χ1) is 13.6. The van der Waals surface area contributed by atoms with Crippen LogP contribution in [0.4, 0.5) is 0 Å². The number of carbonyl (C=O) groups is 1. The second kappa shape index (κ2) is 8.43. The summed E-state index contributed by atoms with van der Waals surface area (Å²) in [6, 6.07) is 13.1. The van der Waals surface area contributed by atoms with Crippen LogP contribution in [0.1, 0.15) is 21.6 Å². The summed E-state index contributed by atoms with van der Waals surface area (Å²) in [7, 11) is 3.07. The Hall–Kier alpha value is -3.54. The minimum Gasteiger partial charge on any atom is -0.497 e. The van der Waals surface area contributed by atoms with Gasteiger partial charge in [0.15, 0.2) is 0 Å². The summed E-state index contributed by atoms with van der Waals surface area (Å²) in [6.45, 7) is 6.56. The molecule has 144 valence electrons. The molecular formula is C22H23N3O3. The van der Waals surface area contributed by atoms with Crippen molar-refractivity contribution in [2.45, 2.75) is 13.5 Å². The number of aromatic nitrogens is 1. The van der Waals surface area contributed by atoms with E-state index in [2.05, 4.69) is 27.7 Å². The highest BCUT2D eigenvalue weighted by molar-refractivity contribution is 6.02. The van der Waals surface area contributed by atoms with Crippen molar-refractivity contribution in [2.75, 3.05) is 14.2 Å². The molecule has 0 bridgehead atoms. The average molecular weight is 377 g/mol. The van der Waals surface area contributed by atoms with Gasteiger partial charge >= 0.3 is 0 Å². The Bertz CT molecular complexity index is 1050. The largest absolute Gasteiger partial charge is 0.497 e. The molecule has 1 N–H and O–H groups in total. The van der Waals surface area contributed by atoms with Crippen molar-refractivity contribution in [1.82, 2.24) is 9.99 Å². The number of benzene rings is 2. The third-order valence-corrected chi connectivity index (χ3v) is 4.60. The lowest BCUT2D eigenvalue weighted by Crippen LogP contribution is -2.18. The molecule has 1 heterocycles. The molecule has 0 spiro atoms. The van der Waals surface area contributed by atoms with Crippen molar-refractivity contribution >= 4 is 23.0 Å². The van der Waals surface area contributed by atoms with Gasteiger partial charge in [0.05, 0.1) is 26.0 Å². The molecule has 0 saturated heterocycles. The van der Waals surface area contributed by atoms with E-state index < -0.39 is 0 Å². The highest BCUT2D eigenvalue weighted by Crippen LogP contribution is 2.25. The summed E-state index contributed by atoms with van der Waals surface area (Å²) >= 11 is 0. The Balaban J connectivity index is 1.87. The smallest absolute Gasteiger partial charge is 0.275 e. The van der Waals surface area contributed by atoms with Crippen molar-refractivity contribution in [3.05, 3.63) is 71.9 Å². The second-order valence-electron chi connectivity index (χ2n) is 6.18. The van der Waals surface area contributed by atoms with Crippen molar-refractivity contribution in [3.63, 3.8) is 0 Å². The van der Waals surface area contributed by atoms with Gasteiger partial charge in [-0.2, -0.15) is 5.10 Å². The van der Waals surface area contributed by atoms with E-state index >= 15 is 0 Å². The lowest BCUT2D eigenvalue weighted by Gasteiger charge is -2.08. The molecule has 3 rings (SSSR count). The van der Waals surface area contributed by atoms with Crippen LogP contribution in [0.25, 0.3) is 10.9 Å². The summed E-state index contributed by atoms with van der Waals surface area (Å²) in [5.74, 6) is 0.677. The fraction of sp³-hybridized carbons (Fsp3) is 0.182. The Kier molecular flexibility index (Phi) is 5.79. The van der Waals surface area contributed by atoms with Gasteiger partial charge in [-0.1, -0.05) is 24.3 Å². The summed E-state index contributed by atoms with van der Waals surface area (Å²) in [4.78, 5) is 12.5. The first-order valence-corrected chi connectivity index (χ1v) is 8.84. The molecule has 0 aliphatic heterocycles. The van der Waals surface area contributed by atoms with Crippen LogP contribution >= 0.6 is 0 Å². The number of hydrogen-bond donors (Lipinski definition) is 1. The number of fused-ring (bicyclic) bond motifs is 1. The van der Waals surface area contributed by atoms with Crippen molar-refractivity contribution in [1.29, 1.82) is 0 Å². The number of hydrazone groups is 1. The van der Waals surface area contributed by atoms with Gasteiger partial charge in [0.2, 0.25) is 0 Å². The predicted octanol–water partition coefficient (Wildman–Crippen LogP) is 3.92. The SMILES string of the molecule is C=CCn1c(C)c(C=NNC(=O)c2ccc(OC)cc2OC)c2ccccc21. The zero-order valence-corrected chi connectivity index (χ0v) is 16.2. The molecule has 1 aromatic heterocycles. The third-order valence-electron chi connectivity index (χ3n) is 4.60. The zero-order chi connectivity index (χ0) is 20.1. The third kappa shape index (κ3) is 3.62. The Labute approximate surface area is 164 Å². The van der Waals surface area contributed by atoms with E-state index in [1.807, 2.05) is 31.2 Å². The van der Waals surface area contributed by atoms with Crippen molar-refractivity contribution < 1.29 is 14.3 Å². The number of carbonyl (C=O) groups excluding carboxylic acids is 1. The molecule has 3 aromatic rings. The van der Waals surface area contributed by atoms with Crippen LogP contribution in [0.15, 0.2) is 60.2 Å². The zero-order valence-electron chi connectivity index (χ0n) is 16.2. The van der Waals surface area contributed by atoms with Crippen LogP contribution in [-0.4, -0.2) is 30.9 Å². The number of nitrogens with one attached hydrogen (secondary N) is 1. The van der Waals surface area contributed by atoms with Crippen LogP contribution in [0.2, 0.25) is 0 Å². The molecule has 6 heteroatoms. The van der Waals surface area contributed by atoms with Crippen LogP contribution in [0.3, 0.4) is 0 Å². The quantitative estimate of drug-likeness (QED) is 0.386. The number of ether oxygens (including phenoxy) is 2. The van der Waals surface area contributed by atoms with Gasteiger partial charge in [0, 0.05) is 34.8 Å². The standard InChI is InChI=1S/C22H23N3O3/c1-5-12-25-15(2)19(17-8-6-7-9-20(17)25)14-23-24-22(26)18-11-10-16(27-3)13-21(18)28-4/h5-11,13-14H,1,12H2,2-4H3,(H,24,26). The highest BCUT2D eigenvalue weighted by Gasteiger charge is 2.14. The van der Waals surface area contributed by atoms with Gasteiger partial charge in [0.25, 0.3) is 5.91 Å². The van der Waals surface area contributed by atoms with Crippen LogP contribution in [0, 0.1) is 6.92 Å². The van der Waals surface area contributed by atoms with E-state index in [0.717, 1.165) is 22.2 Å². The molecule has 1 amide bonds. The number of amides is 1. The maximum absolute atomic E-state index is 12.5. The maximum atomic E-state index is 12.5. The summed E-state index contributed by atoms with van der Waals surface area (Å²) in [5, 5.41) is 5.24.